The molecule has 0 heterocycles. The van der Waals surface area contributed by atoms with Crippen molar-refractivity contribution in [3.8, 4) is 0 Å². The fourth-order valence-electron chi connectivity index (χ4n) is 1.70. The van der Waals surface area contributed by atoms with Crippen LogP contribution in [-0.4, -0.2) is 28.2 Å². The standard InChI is InChI=1S/C12H17BrFNO3S/c1-3-4-10(8-18-2)15-19(16,17)12-6-5-9(13)7-11(12)14/h5-7,10,15H,3-4,8H2,1-2H3. The summed E-state index contributed by atoms with van der Waals surface area (Å²) in [6, 6.07) is 3.49. The summed E-state index contributed by atoms with van der Waals surface area (Å²) < 4.78 is 45.8. The number of hydrogen-bond acceptors (Lipinski definition) is 3. The molecular weight excluding hydrogens is 337 g/mol. The number of benzene rings is 1. The molecule has 0 aromatic heterocycles. The van der Waals surface area contributed by atoms with Gasteiger partial charge in [0, 0.05) is 17.6 Å². The minimum atomic E-state index is -3.88. The SMILES string of the molecule is CCCC(COC)NS(=O)(=O)c1ccc(Br)cc1F. The van der Waals surface area contributed by atoms with Gasteiger partial charge in [0.1, 0.15) is 10.7 Å². The van der Waals surface area contributed by atoms with Crippen LogP contribution in [0.3, 0.4) is 0 Å². The van der Waals surface area contributed by atoms with Gasteiger partial charge < -0.3 is 4.74 Å². The average molecular weight is 354 g/mol. The highest BCUT2D eigenvalue weighted by Gasteiger charge is 2.22. The third-order valence-corrected chi connectivity index (χ3v) is 4.56. The van der Waals surface area contributed by atoms with Crippen molar-refractivity contribution in [2.75, 3.05) is 13.7 Å². The van der Waals surface area contributed by atoms with Crippen LogP contribution in [0, 0.1) is 5.82 Å². The minimum Gasteiger partial charge on any atom is -0.383 e. The van der Waals surface area contributed by atoms with Crippen molar-refractivity contribution in [2.24, 2.45) is 0 Å². The van der Waals surface area contributed by atoms with Crippen LogP contribution in [0.4, 0.5) is 4.39 Å². The van der Waals surface area contributed by atoms with E-state index in [4.69, 9.17) is 4.74 Å². The minimum absolute atomic E-state index is 0.255. The molecule has 0 bridgehead atoms. The van der Waals surface area contributed by atoms with Crippen molar-refractivity contribution >= 4 is 26.0 Å². The van der Waals surface area contributed by atoms with E-state index < -0.39 is 15.8 Å². The van der Waals surface area contributed by atoms with Crippen molar-refractivity contribution in [3.05, 3.63) is 28.5 Å². The number of ether oxygens (including phenoxy) is 1. The average Bonchev–Trinajstić information content (AvgIpc) is 2.28. The Morgan fingerprint density at radius 3 is 2.68 bits per heavy atom. The molecule has 19 heavy (non-hydrogen) atoms. The highest BCUT2D eigenvalue weighted by molar-refractivity contribution is 9.10. The van der Waals surface area contributed by atoms with Crippen molar-refractivity contribution in [3.63, 3.8) is 0 Å². The zero-order chi connectivity index (χ0) is 14.5. The first kappa shape index (κ1) is 16.6. The molecule has 1 N–H and O–H groups in total. The number of sulfonamides is 1. The Morgan fingerprint density at radius 1 is 1.47 bits per heavy atom. The number of nitrogens with one attached hydrogen (secondary N) is 1. The van der Waals surface area contributed by atoms with Gasteiger partial charge in [-0.05, 0) is 24.6 Å². The number of methoxy groups -OCH3 is 1. The van der Waals surface area contributed by atoms with E-state index in [0.717, 1.165) is 12.5 Å². The summed E-state index contributed by atoms with van der Waals surface area (Å²) in [6.07, 6.45) is 1.44. The van der Waals surface area contributed by atoms with Gasteiger partial charge in [0.15, 0.2) is 0 Å². The summed E-state index contributed by atoms with van der Waals surface area (Å²) in [7, 11) is -2.38. The van der Waals surface area contributed by atoms with Gasteiger partial charge in [-0.1, -0.05) is 29.3 Å². The summed E-state index contributed by atoms with van der Waals surface area (Å²) >= 11 is 3.09. The van der Waals surface area contributed by atoms with Gasteiger partial charge >= 0.3 is 0 Å². The molecule has 1 rings (SSSR count). The van der Waals surface area contributed by atoms with Crippen LogP contribution >= 0.6 is 15.9 Å². The van der Waals surface area contributed by atoms with Crippen molar-refractivity contribution in [1.29, 1.82) is 0 Å². The van der Waals surface area contributed by atoms with E-state index in [9.17, 15) is 12.8 Å². The van der Waals surface area contributed by atoms with Gasteiger partial charge in [-0.3, -0.25) is 0 Å². The molecule has 0 saturated carbocycles. The number of halogens is 2. The molecule has 108 valence electrons. The molecule has 7 heteroatoms. The van der Waals surface area contributed by atoms with Crippen molar-refractivity contribution < 1.29 is 17.5 Å². The van der Waals surface area contributed by atoms with Crippen LogP contribution in [0.2, 0.25) is 0 Å². The van der Waals surface area contributed by atoms with E-state index >= 15 is 0 Å². The zero-order valence-corrected chi connectivity index (χ0v) is 13.2. The molecule has 0 aliphatic heterocycles. The highest BCUT2D eigenvalue weighted by atomic mass is 79.9. The molecule has 1 aromatic carbocycles. The Hall–Kier alpha value is -0.500. The third-order valence-electron chi connectivity index (χ3n) is 2.51. The van der Waals surface area contributed by atoms with Gasteiger partial charge in [-0.2, -0.15) is 0 Å². The van der Waals surface area contributed by atoms with Crippen LogP contribution < -0.4 is 4.72 Å². The van der Waals surface area contributed by atoms with Gasteiger partial charge in [-0.25, -0.2) is 17.5 Å². The molecule has 0 radical (unpaired) electrons. The van der Waals surface area contributed by atoms with Crippen LogP contribution in [0.5, 0.6) is 0 Å². The smallest absolute Gasteiger partial charge is 0.243 e. The van der Waals surface area contributed by atoms with E-state index in [1.54, 1.807) is 0 Å². The van der Waals surface area contributed by atoms with E-state index in [1.807, 2.05) is 6.92 Å². The lowest BCUT2D eigenvalue weighted by molar-refractivity contribution is 0.171. The maximum Gasteiger partial charge on any atom is 0.243 e. The fraction of sp³-hybridized carbons (Fsp3) is 0.500. The first-order valence-electron chi connectivity index (χ1n) is 5.87. The molecule has 0 spiro atoms. The van der Waals surface area contributed by atoms with Crippen LogP contribution in [0.15, 0.2) is 27.6 Å². The monoisotopic (exact) mass is 353 g/mol. The van der Waals surface area contributed by atoms with Gasteiger partial charge in [0.2, 0.25) is 10.0 Å². The summed E-state index contributed by atoms with van der Waals surface area (Å²) in [5.74, 6) is -0.783. The summed E-state index contributed by atoms with van der Waals surface area (Å²) in [6.45, 7) is 2.20. The second-order valence-corrected chi connectivity index (χ2v) is 6.74. The largest absolute Gasteiger partial charge is 0.383 e. The predicted octanol–water partition coefficient (Wildman–Crippen LogP) is 2.68. The van der Waals surface area contributed by atoms with E-state index in [0.29, 0.717) is 10.9 Å². The molecule has 1 unspecified atom stereocenters. The molecule has 0 aliphatic rings. The maximum absolute atomic E-state index is 13.7. The second kappa shape index (κ2) is 7.33. The first-order chi connectivity index (χ1) is 8.90. The second-order valence-electron chi connectivity index (χ2n) is 4.14. The maximum atomic E-state index is 13.7. The molecule has 1 aromatic rings. The Kier molecular flexibility index (Phi) is 6.38. The Balaban J connectivity index is 2.96. The van der Waals surface area contributed by atoms with E-state index in [1.165, 1.54) is 19.2 Å². The number of rotatable bonds is 7. The van der Waals surface area contributed by atoms with Crippen molar-refractivity contribution in [1.82, 2.24) is 4.72 Å². The fourth-order valence-corrected chi connectivity index (χ4v) is 3.35. The van der Waals surface area contributed by atoms with Gasteiger partial charge in [0.05, 0.1) is 6.61 Å². The van der Waals surface area contributed by atoms with Crippen LogP contribution in [0.25, 0.3) is 0 Å². The summed E-state index contributed by atoms with van der Waals surface area (Å²) in [5, 5.41) is 0. The Labute approximate surface area is 121 Å². The lowest BCUT2D eigenvalue weighted by Crippen LogP contribution is -2.38. The third kappa shape index (κ3) is 4.83. The molecule has 4 nitrogen and oxygen atoms in total. The Bertz CT molecular complexity index is 516. The first-order valence-corrected chi connectivity index (χ1v) is 8.14. The highest BCUT2D eigenvalue weighted by Crippen LogP contribution is 2.19. The van der Waals surface area contributed by atoms with Crippen LogP contribution in [0.1, 0.15) is 19.8 Å². The molecule has 1 atom stereocenters. The predicted molar refractivity (Wildman–Crippen MR) is 75.0 cm³/mol. The van der Waals surface area contributed by atoms with Crippen LogP contribution in [-0.2, 0) is 14.8 Å². The molecule has 0 saturated heterocycles. The number of hydrogen-bond donors (Lipinski definition) is 1. The summed E-state index contributed by atoms with van der Waals surface area (Å²) in [5.41, 5.74) is 0. The lowest BCUT2D eigenvalue weighted by atomic mass is 10.2. The normalized spacial score (nSPS) is 13.5. The van der Waals surface area contributed by atoms with Gasteiger partial charge in [0.25, 0.3) is 0 Å². The topological polar surface area (TPSA) is 55.4 Å². The molecule has 0 aliphatic carbocycles. The molecular formula is C12H17BrFNO3S. The summed E-state index contributed by atoms with van der Waals surface area (Å²) in [4.78, 5) is -0.354. The lowest BCUT2D eigenvalue weighted by Gasteiger charge is -2.17. The van der Waals surface area contributed by atoms with Gasteiger partial charge in [-0.15, -0.1) is 0 Å². The van der Waals surface area contributed by atoms with Crippen molar-refractivity contribution in [2.45, 2.75) is 30.7 Å². The molecule has 0 amide bonds. The van der Waals surface area contributed by atoms with E-state index in [2.05, 4.69) is 20.7 Å². The van der Waals surface area contributed by atoms with E-state index in [-0.39, 0.29) is 17.5 Å². The quantitative estimate of drug-likeness (QED) is 0.819. The molecule has 0 fully saturated rings. The Morgan fingerprint density at radius 2 is 2.16 bits per heavy atom. The zero-order valence-electron chi connectivity index (χ0n) is 10.8.